The molecule has 0 heterocycles. The van der Waals surface area contributed by atoms with Crippen molar-refractivity contribution < 1.29 is 54.8 Å². The molecule has 0 fully saturated rings. The summed E-state index contributed by atoms with van der Waals surface area (Å²) in [6.07, 6.45) is 0.966. The van der Waals surface area contributed by atoms with Crippen LogP contribution in [0.5, 0.6) is 0 Å². The Morgan fingerprint density at radius 3 is 1.81 bits per heavy atom. The molecule has 17 heteroatoms. The maximum atomic E-state index is 10.5. The van der Waals surface area contributed by atoms with Gasteiger partial charge in [0.25, 0.3) is 11.4 Å². The molecule has 0 aromatic heterocycles. The van der Waals surface area contributed by atoms with Crippen LogP contribution < -0.4 is 29.6 Å². The number of hydrogen-bond donors (Lipinski definition) is 0. The number of non-ortho nitro benzene ring substituents is 2. The Bertz CT molecular complexity index is 1050. The summed E-state index contributed by atoms with van der Waals surface area (Å²) >= 11 is 3.09. The van der Waals surface area contributed by atoms with Gasteiger partial charge in [-0.1, -0.05) is 21.0 Å². The molecule has 0 aliphatic heterocycles. The molecular weight excluding hydrogens is 510 g/mol. The molecule has 0 saturated heterocycles. The number of halogens is 2. The first-order chi connectivity index (χ1) is 15.2. The van der Waals surface area contributed by atoms with Crippen LogP contribution in [0.25, 0.3) is 26.4 Å². The van der Waals surface area contributed by atoms with E-state index in [1.807, 2.05) is 0 Å². The van der Waals surface area contributed by atoms with Gasteiger partial charge in [-0.3, -0.25) is 39.1 Å². The molecule has 0 saturated carbocycles. The van der Waals surface area contributed by atoms with Crippen LogP contribution in [0.2, 0.25) is 0 Å². The number of benzene rings is 2. The second kappa shape index (κ2) is 19.6. The average molecular weight is 522 g/mol. The smallest absolute Gasteiger partial charge is 0.373 e. The van der Waals surface area contributed by atoms with Crippen molar-refractivity contribution in [2.24, 2.45) is 5.11 Å². The molecule has 0 aliphatic carbocycles. The zero-order valence-electron chi connectivity index (χ0n) is 17.1. The average Bonchev–Trinajstić information content (AvgIpc) is 2.76. The predicted molar refractivity (Wildman–Crippen MR) is 111 cm³/mol. The first-order valence-electron chi connectivity index (χ1n) is 7.89. The molecule has 0 atom stereocenters. The topological polar surface area (TPSA) is 228 Å². The zero-order valence-corrected chi connectivity index (χ0v) is 19.7. The summed E-state index contributed by atoms with van der Waals surface area (Å²) in [6.45, 7) is 0. The van der Waals surface area contributed by atoms with Gasteiger partial charge in [0.05, 0.1) is 18.4 Å². The minimum atomic E-state index is -1.00. The van der Waals surface area contributed by atoms with Crippen LogP contribution in [0.3, 0.4) is 0 Å². The largest absolute Gasteiger partial charge is 1.00 e. The molecular formula is C15H11BrFN8NaO6. The molecule has 162 valence electrons. The minimum Gasteiger partial charge on any atom is -0.373 e. The van der Waals surface area contributed by atoms with E-state index < -0.39 is 17.0 Å². The quantitative estimate of drug-likeness (QED) is 0.109. The van der Waals surface area contributed by atoms with Gasteiger partial charge in [-0.05, 0) is 17.7 Å². The second-order valence-corrected chi connectivity index (χ2v) is 5.33. The van der Waals surface area contributed by atoms with Gasteiger partial charge < -0.3 is 11.1 Å². The van der Waals surface area contributed by atoms with Crippen molar-refractivity contribution in [3.05, 3.63) is 98.6 Å². The van der Waals surface area contributed by atoms with Gasteiger partial charge in [0.15, 0.2) is 12.6 Å². The van der Waals surface area contributed by atoms with Gasteiger partial charge in [0.2, 0.25) is 0 Å². The normalized spacial score (nSPS) is 8.25. The number of rotatable bonds is 5. The van der Waals surface area contributed by atoms with Crippen molar-refractivity contribution in [3.8, 4) is 0 Å². The van der Waals surface area contributed by atoms with Crippen LogP contribution >= 0.6 is 15.9 Å². The summed E-state index contributed by atoms with van der Waals surface area (Å²) in [4.78, 5) is 44.2. The van der Waals surface area contributed by atoms with Gasteiger partial charge in [0.1, 0.15) is 0 Å². The Balaban J connectivity index is -0.000000432. The number of nitro groups is 2. The molecule has 2 aromatic rings. The monoisotopic (exact) mass is 521 g/mol. The summed E-state index contributed by atoms with van der Waals surface area (Å²) in [6, 6.07) is 7.46. The summed E-state index contributed by atoms with van der Waals surface area (Å²) in [5, 5.41) is 23.8. The standard InChI is InChI=1S/C7H4BrNO3.C7H4N4O3.CH3F.N3.Na/c8-7-2-1-6(9(11)12)3-5(7)4-10;8-10-9-7-2-1-6(11(13)14)3-5(7)4-12;1-2;1-3-2;/h1-4H;1-4H;1H3;;/q;;;-1;+1/i;;1D;;. The van der Waals surface area contributed by atoms with Crippen LogP contribution in [0.15, 0.2) is 46.0 Å². The third kappa shape index (κ3) is 12.3. The third-order valence-corrected chi connectivity index (χ3v) is 3.54. The number of nitro benzene ring substituents is 2. The Morgan fingerprint density at radius 2 is 1.44 bits per heavy atom. The zero-order chi connectivity index (χ0) is 25.1. The number of aldehydes is 2. The van der Waals surface area contributed by atoms with Crippen molar-refractivity contribution >= 4 is 45.6 Å². The molecule has 0 radical (unpaired) electrons. The first-order valence-corrected chi connectivity index (χ1v) is 7.98. The van der Waals surface area contributed by atoms with Crippen molar-refractivity contribution in [3.63, 3.8) is 0 Å². The van der Waals surface area contributed by atoms with Crippen LogP contribution in [0.1, 0.15) is 22.1 Å². The summed E-state index contributed by atoms with van der Waals surface area (Å²) in [5.74, 6) is 0. The van der Waals surface area contributed by atoms with Crippen molar-refractivity contribution in [1.29, 1.82) is 0 Å². The van der Waals surface area contributed by atoms with Gasteiger partial charge in [0, 0.05) is 50.5 Å². The molecule has 0 amide bonds. The Morgan fingerprint density at radius 1 is 1.03 bits per heavy atom. The fourth-order valence-electron chi connectivity index (χ4n) is 1.62. The molecule has 2 rings (SSSR count). The number of azide groups is 1. The van der Waals surface area contributed by atoms with Gasteiger partial charge in [-0.15, -0.1) is 0 Å². The number of nitrogens with zero attached hydrogens (tertiary/aromatic N) is 8. The number of hydrogen-bond acceptors (Lipinski definition) is 7. The molecule has 0 bridgehead atoms. The summed E-state index contributed by atoms with van der Waals surface area (Å²) in [7, 11) is -1.00. The Kier molecular flexibility index (Phi) is 18.8. The summed E-state index contributed by atoms with van der Waals surface area (Å²) < 4.78 is 16.1. The third-order valence-electron chi connectivity index (χ3n) is 2.82. The van der Waals surface area contributed by atoms with Crippen molar-refractivity contribution in [2.75, 3.05) is 7.15 Å². The van der Waals surface area contributed by atoms with E-state index in [0.29, 0.717) is 17.0 Å². The van der Waals surface area contributed by atoms with Gasteiger partial charge >= 0.3 is 29.6 Å². The molecule has 2 aromatic carbocycles. The van der Waals surface area contributed by atoms with E-state index >= 15 is 0 Å². The number of alkyl halides is 1. The van der Waals surface area contributed by atoms with Gasteiger partial charge in [-0.2, -0.15) is 0 Å². The number of carbonyl (C=O) groups is 2. The maximum absolute atomic E-state index is 10.5. The van der Waals surface area contributed by atoms with E-state index in [2.05, 4.69) is 26.0 Å². The van der Waals surface area contributed by atoms with Crippen LogP contribution in [-0.2, 0) is 0 Å². The van der Waals surface area contributed by atoms with E-state index in [1.54, 1.807) is 0 Å². The first kappa shape index (κ1) is 30.8. The predicted octanol–water partition coefficient (Wildman–Crippen LogP) is 2.97. The van der Waals surface area contributed by atoms with E-state index in [9.17, 15) is 34.2 Å². The van der Waals surface area contributed by atoms with Crippen LogP contribution in [0, 0.1) is 20.2 Å². The fourth-order valence-corrected chi connectivity index (χ4v) is 1.96. The van der Waals surface area contributed by atoms with Gasteiger partial charge in [-0.25, -0.2) is 0 Å². The SMILES string of the molecule is O=Cc1cc([N+](=O)[O-])ccc1Br.[2H]CF.[N-]=[N+]=Nc1ccc([N+](=O)[O-])cc1C=O.[N-]=[N+]=[N-].[Na+]. The maximum Gasteiger partial charge on any atom is 1.00 e. The Labute approximate surface area is 210 Å². The van der Waals surface area contributed by atoms with E-state index in [1.165, 1.54) is 29.2 Å². The molecule has 0 N–H and O–H groups in total. The van der Waals surface area contributed by atoms with Crippen LogP contribution in [0.4, 0.5) is 21.5 Å². The fraction of sp³-hybridized carbons (Fsp3) is 0.0667. The molecule has 0 unspecified atom stereocenters. The second-order valence-electron chi connectivity index (χ2n) is 4.48. The van der Waals surface area contributed by atoms with Crippen molar-refractivity contribution in [2.45, 2.75) is 0 Å². The van der Waals surface area contributed by atoms with E-state index in [0.717, 1.165) is 12.1 Å². The van der Waals surface area contributed by atoms with Crippen molar-refractivity contribution in [1.82, 2.24) is 0 Å². The molecule has 0 aliphatic rings. The van der Waals surface area contributed by atoms with E-state index in [-0.39, 0.29) is 57.7 Å². The number of carbonyl (C=O) groups excluding carboxylic acids is 2. The Hall–Kier alpha value is -3.39. The molecule has 14 nitrogen and oxygen atoms in total. The summed E-state index contributed by atoms with van der Waals surface area (Å²) in [5.41, 5.74) is 21.7. The van der Waals surface area contributed by atoms with Crippen LogP contribution in [-0.4, -0.2) is 29.6 Å². The molecule has 32 heavy (non-hydrogen) atoms. The van der Waals surface area contributed by atoms with E-state index in [4.69, 9.17) is 18.0 Å². The minimum absolute atomic E-state index is 0. The molecule has 0 spiro atoms.